The van der Waals surface area contributed by atoms with Crippen LogP contribution in [0.4, 0.5) is 0 Å². The molecule has 0 aliphatic carbocycles. The first-order chi connectivity index (χ1) is 7.76. The number of nitrogens with two attached hydrogens (primary N) is 1. The van der Waals surface area contributed by atoms with Crippen molar-refractivity contribution in [2.75, 3.05) is 19.0 Å². The van der Waals surface area contributed by atoms with E-state index in [-0.39, 0.29) is 6.04 Å². The Morgan fingerprint density at radius 2 is 2.38 bits per heavy atom. The van der Waals surface area contributed by atoms with E-state index in [0.29, 0.717) is 13.2 Å². The molecule has 3 N–H and O–H groups in total. The van der Waals surface area contributed by atoms with Crippen LogP contribution in [0.15, 0.2) is 29.2 Å². The van der Waals surface area contributed by atoms with Crippen LogP contribution in [0.25, 0.3) is 0 Å². The summed E-state index contributed by atoms with van der Waals surface area (Å²) in [5.74, 6) is 6.30. The first-order valence-corrected chi connectivity index (χ1v) is 6.55. The van der Waals surface area contributed by atoms with Gasteiger partial charge in [0.1, 0.15) is 0 Å². The summed E-state index contributed by atoms with van der Waals surface area (Å²) in [6, 6.07) is 7.94. The summed E-state index contributed by atoms with van der Waals surface area (Å²) < 4.78 is 5.32. The molecule has 0 aromatic heterocycles. The molecule has 0 amide bonds. The fraction of sp³-hybridized carbons (Fsp3) is 0.455. The van der Waals surface area contributed by atoms with E-state index < -0.39 is 0 Å². The van der Waals surface area contributed by atoms with Crippen LogP contribution in [0.2, 0.25) is 5.02 Å². The highest BCUT2D eigenvalue weighted by Crippen LogP contribution is 2.22. The van der Waals surface area contributed by atoms with Crippen LogP contribution >= 0.6 is 23.4 Å². The molecule has 3 nitrogen and oxygen atoms in total. The van der Waals surface area contributed by atoms with E-state index >= 15 is 0 Å². The summed E-state index contributed by atoms with van der Waals surface area (Å²) in [4.78, 5) is 1.14. The highest BCUT2D eigenvalue weighted by molar-refractivity contribution is 7.99. The lowest BCUT2D eigenvalue weighted by molar-refractivity contribution is 0.129. The third-order valence-electron chi connectivity index (χ3n) is 2.01. The number of hydrogen-bond donors (Lipinski definition) is 2. The van der Waals surface area contributed by atoms with Gasteiger partial charge < -0.3 is 4.74 Å². The molecule has 16 heavy (non-hydrogen) atoms. The van der Waals surface area contributed by atoms with Crippen molar-refractivity contribution >= 4 is 23.4 Å². The van der Waals surface area contributed by atoms with Crippen molar-refractivity contribution in [2.24, 2.45) is 5.84 Å². The summed E-state index contributed by atoms with van der Waals surface area (Å²) in [5, 5.41) is 0.757. The molecule has 0 fully saturated rings. The minimum atomic E-state index is 0.156. The summed E-state index contributed by atoms with van der Waals surface area (Å²) >= 11 is 7.61. The largest absolute Gasteiger partial charge is 0.380 e. The fourth-order valence-corrected chi connectivity index (χ4v) is 2.38. The number of nitrogens with one attached hydrogen (secondary N) is 1. The predicted octanol–water partition coefficient (Wildman–Crippen LogP) is 2.30. The van der Waals surface area contributed by atoms with Crippen molar-refractivity contribution in [3.05, 3.63) is 29.3 Å². The van der Waals surface area contributed by atoms with Crippen molar-refractivity contribution in [3.8, 4) is 0 Å². The van der Waals surface area contributed by atoms with Gasteiger partial charge in [-0.15, -0.1) is 11.8 Å². The molecular weight excluding hydrogens is 244 g/mol. The lowest BCUT2D eigenvalue weighted by Crippen LogP contribution is -2.40. The molecule has 0 bridgehead atoms. The molecular formula is C11H17ClN2OS. The maximum atomic E-state index is 5.90. The van der Waals surface area contributed by atoms with Crippen molar-refractivity contribution < 1.29 is 4.74 Å². The highest BCUT2D eigenvalue weighted by atomic mass is 35.5. The smallest absolute Gasteiger partial charge is 0.0641 e. The summed E-state index contributed by atoms with van der Waals surface area (Å²) in [6.45, 7) is 3.30. The zero-order valence-electron chi connectivity index (χ0n) is 9.28. The molecule has 0 saturated carbocycles. The number of hydrazine groups is 1. The average molecular weight is 261 g/mol. The molecule has 0 saturated heterocycles. The van der Waals surface area contributed by atoms with E-state index in [2.05, 4.69) is 5.43 Å². The van der Waals surface area contributed by atoms with Crippen molar-refractivity contribution in [1.29, 1.82) is 0 Å². The van der Waals surface area contributed by atoms with Gasteiger partial charge in [-0.2, -0.15) is 0 Å². The standard InChI is InChI=1S/C11H17ClN2OS/c1-2-15-7-10(14-13)8-16-11-5-3-4-9(12)6-11/h3-6,10,14H,2,7-8,13H2,1H3. The van der Waals surface area contributed by atoms with Crippen LogP contribution in [-0.2, 0) is 4.74 Å². The Morgan fingerprint density at radius 1 is 1.56 bits per heavy atom. The van der Waals surface area contributed by atoms with E-state index in [1.165, 1.54) is 0 Å². The summed E-state index contributed by atoms with van der Waals surface area (Å²) in [6.07, 6.45) is 0. The number of benzene rings is 1. The van der Waals surface area contributed by atoms with Crippen LogP contribution in [0.5, 0.6) is 0 Å². The minimum Gasteiger partial charge on any atom is -0.380 e. The molecule has 0 spiro atoms. The van der Waals surface area contributed by atoms with Gasteiger partial charge in [-0.05, 0) is 25.1 Å². The van der Waals surface area contributed by atoms with Crippen molar-refractivity contribution in [2.45, 2.75) is 17.9 Å². The quantitative estimate of drug-likeness (QED) is 0.449. The number of halogens is 1. The Morgan fingerprint density at radius 3 is 3.00 bits per heavy atom. The van der Waals surface area contributed by atoms with Gasteiger partial charge in [0.05, 0.1) is 12.6 Å². The number of hydrogen-bond acceptors (Lipinski definition) is 4. The zero-order chi connectivity index (χ0) is 11.8. The van der Waals surface area contributed by atoms with Gasteiger partial charge in [0.25, 0.3) is 0 Å². The molecule has 0 heterocycles. The Kier molecular flexibility index (Phi) is 6.84. The Balaban J connectivity index is 2.37. The molecule has 1 unspecified atom stereocenters. The third-order valence-corrected chi connectivity index (χ3v) is 3.40. The van der Waals surface area contributed by atoms with Crippen molar-refractivity contribution in [1.82, 2.24) is 5.43 Å². The maximum absolute atomic E-state index is 5.90. The first-order valence-electron chi connectivity index (χ1n) is 5.18. The maximum Gasteiger partial charge on any atom is 0.0641 e. The molecule has 1 aromatic carbocycles. The molecule has 1 aromatic rings. The lowest BCUT2D eigenvalue weighted by atomic mass is 10.4. The van der Waals surface area contributed by atoms with Gasteiger partial charge in [0.2, 0.25) is 0 Å². The van der Waals surface area contributed by atoms with Gasteiger partial charge >= 0.3 is 0 Å². The van der Waals surface area contributed by atoms with E-state index in [9.17, 15) is 0 Å². The van der Waals surface area contributed by atoms with Gasteiger partial charge in [-0.3, -0.25) is 11.3 Å². The monoisotopic (exact) mass is 260 g/mol. The number of rotatable bonds is 7. The minimum absolute atomic E-state index is 0.156. The second kappa shape index (κ2) is 7.92. The van der Waals surface area contributed by atoms with Crippen LogP contribution < -0.4 is 11.3 Å². The molecule has 0 aliphatic heterocycles. The van der Waals surface area contributed by atoms with Gasteiger partial charge in [0, 0.05) is 22.3 Å². The summed E-state index contributed by atoms with van der Waals surface area (Å²) in [7, 11) is 0. The highest BCUT2D eigenvalue weighted by Gasteiger charge is 2.07. The first kappa shape index (κ1) is 13.8. The molecule has 0 radical (unpaired) electrons. The van der Waals surface area contributed by atoms with E-state index in [1.54, 1.807) is 11.8 Å². The molecule has 90 valence electrons. The van der Waals surface area contributed by atoms with Gasteiger partial charge in [0.15, 0.2) is 0 Å². The summed E-state index contributed by atoms with van der Waals surface area (Å²) in [5.41, 5.74) is 2.74. The zero-order valence-corrected chi connectivity index (χ0v) is 10.9. The topological polar surface area (TPSA) is 47.3 Å². The Hall–Kier alpha value is -0.260. The molecule has 0 aliphatic rings. The number of thioether (sulfide) groups is 1. The van der Waals surface area contributed by atoms with Crippen LogP contribution in [0.1, 0.15) is 6.92 Å². The van der Waals surface area contributed by atoms with Gasteiger partial charge in [-0.25, -0.2) is 0 Å². The fourth-order valence-electron chi connectivity index (χ4n) is 1.16. The number of ether oxygens (including phenoxy) is 1. The molecule has 5 heteroatoms. The predicted molar refractivity (Wildman–Crippen MR) is 69.8 cm³/mol. The van der Waals surface area contributed by atoms with Crippen LogP contribution in [-0.4, -0.2) is 25.0 Å². The normalized spacial score (nSPS) is 12.7. The van der Waals surface area contributed by atoms with Gasteiger partial charge in [-0.1, -0.05) is 17.7 Å². The van der Waals surface area contributed by atoms with Crippen molar-refractivity contribution in [3.63, 3.8) is 0 Å². The Bertz CT molecular complexity index is 312. The lowest BCUT2D eigenvalue weighted by Gasteiger charge is -2.15. The third kappa shape index (κ3) is 5.18. The second-order valence-corrected chi connectivity index (χ2v) is 4.82. The van der Waals surface area contributed by atoms with E-state index in [1.807, 2.05) is 31.2 Å². The van der Waals surface area contributed by atoms with Crippen LogP contribution in [0.3, 0.4) is 0 Å². The molecule has 1 atom stereocenters. The second-order valence-electron chi connectivity index (χ2n) is 3.29. The Labute approximate surface area is 106 Å². The van der Waals surface area contributed by atoms with E-state index in [0.717, 1.165) is 15.7 Å². The average Bonchev–Trinajstić information content (AvgIpc) is 2.29. The SMILES string of the molecule is CCOCC(CSc1cccc(Cl)c1)NN. The van der Waals surface area contributed by atoms with Crippen LogP contribution in [0, 0.1) is 0 Å². The molecule has 1 rings (SSSR count). The van der Waals surface area contributed by atoms with E-state index in [4.69, 9.17) is 22.2 Å².